The molecule has 0 radical (unpaired) electrons. The molecule has 1 fully saturated rings. The molecular weight excluding hydrogens is 308 g/mol. The van der Waals surface area contributed by atoms with E-state index in [1.165, 1.54) is 5.56 Å². The van der Waals surface area contributed by atoms with Gasteiger partial charge in [-0.25, -0.2) is 4.98 Å². The third kappa shape index (κ3) is 3.71. The van der Waals surface area contributed by atoms with Gasteiger partial charge in [-0.05, 0) is 31.5 Å². The zero-order valence-corrected chi connectivity index (χ0v) is 14.3. The lowest BCUT2D eigenvalue weighted by Crippen LogP contribution is -2.51. The van der Waals surface area contributed by atoms with Crippen LogP contribution in [-0.4, -0.2) is 41.5 Å². The van der Waals surface area contributed by atoms with E-state index in [0.717, 1.165) is 37.0 Å². The van der Waals surface area contributed by atoms with Gasteiger partial charge in [0.1, 0.15) is 0 Å². The van der Waals surface area contributed by atoms with Crippen molar-refractivity contribution in [2.24, 2.45) is 5.73 Å². The molecule has 1 amide bonds. The van der Waals surface area contributed by atoms with E-state index >= 15 is 0 Å². The van der Waals surface area contributed by atoms with Crippen molar-refractivity contribution in [3.63, 3.8) is 0 Å². The van der Waals surface area contributed by atoms with Gasteiger partial charge < -0.3 is 10.6 Å². The van der Waals surface area contributed by atoms with Crippen molar-refractivity contribution in [3.8, 4) is 0 Å². The monoisotopic (exact) mass is 330 g/mol. The van der Waals surface area contributed by atoms with E-state index in [1.54, 1.807) is 23.5 Å². The molecule has 1 saturated heterocycles. The minimum absolute atomic E-state index is 0.377. The van der Waals surface area contributed by atoms with Crippen molar-refractivity contribution in [2.45, 2.75) is 26.4 Å². The molecule has 0 spiro atoms. The van der Waals surface area contributed by atoms with Crippen LogP contribution in [-0.2, 0) is 6.54 Å². The lowest BCUT2D eigenvalue weighted by atomic mass is 10.1. The number of aryl methyl sites for hydroxylation is 1. The van der Waals surface area contributed by atoms with E-state index in [9.17, 15) is 4.79 Å². The number of primary amides is 1. The van der Waals surface area contributed by atoms with Gasteiger partial charge in [0.15, 0.2) is 5.13 Å². The van der Waals surface area contributed by atoms with E-state index in [0.29, 0.717) is 11.6 Å². The zero-order valence-electron chi connectivity index (χ0n) is 13.5. The summed E-state index contributed by atoms with van der Waals surface area (Å²) in [6, 6.07) is 8.02. The van der Waals surface area contributed by atoms with Gasteiger partial charge >= 0.3 is 0 Å². The summed E-state index contributed by atoms with van der Waals surface area (Å²) in [6.45, 7) is 8.20. The summed E-state index contributed by atoms with van der Waals surface area (Å²) in [7, 11) is 0. The van der Waals surface area contributed by atoms with Crippen molar-refractivity contribution in [1.29, 1.82) is 0 Å². The van der Waals surface area contributed by atoms with Gasteiger partial charge in [-0.15, -0.1) is 11.3 Å². The number of carbonyl (C=O) groups excluding carboxylic acids is 1. The molecule has 1 aliphatic heterocycles. The van der Waals surface area contributed by atoms with Crippen LogP contribution in [0.4, 0.5) is 5.13 Å². The van der Waals surface area contributed by atoms with Gasteiger partial charge in [-0.1, -0.05) is 12.1 Å². The average Bonchev–Trinajstić information content (AvgIpc) is 2.94. The first kappa shape index (κ1) is 16.0. The summed E-state index contributed by atoms with van der Waals surface area (Å²) >= 11 is 1.72. The first-order chi connectivity index (χ1) is 11.0. The Kier molecular flexibility index (Phi) is 4.63. The van der Waals surface area contributed by atoms with Crippen molar-refractivity contribution in [3.05, 3.63) is 46.5 Å². The Bertz CT molecular complexity index is 682. The number of benzene rings is 1. The van der Waals surface area contributed by atoms with Gasteiger partial charge in [0, 0.05) is 43.2 Å². The highest BCUT2D eigenvalue weighted by atomic mass is 32.1. The third-order valence-electron chi connectivity index (χ3n) is 4.21. The van der Waals surface area contributed by atoms with Crippen molar-refractivity contribution < 1.29 is 4.79 Å². The van der Waals surface area contributed by atoms with Crippen molar-refractivity contribution >= 4 is 22.4 Å². The Morgan fingerprint density at radius 2 is 2.09 bits per heavy atom. The smallest absolute Gasteiger partial charge is 0.248 e. The van der Waals surface area contributed by atoms with Crippen LogP contribution in [0.5, 0.6) is 0 Å². The van der Waals surface area contributed by atoms with Gasteiger partial charge in [-0.3, -0.25) is 9.69 Å². The molecule has 23 heavy (non-hydrogen) atoms. The number of hydrogen-bond acceptors (Lipinski definition) is 5. The predicted molar refractivity (Wildman–Crippen MR) is 93.9 cm³/mol. The summed E-state index contributed by atoms with van der Waals surface area (Å²) in [6.07, 6.45) is 0. The van der Waals surface area contributed by atoms with Gasteiger partial charge in [0.05, 0.1) is 5.69 Å². The molecule has 1 aromatic carbocycles. The van der Waals surface area contributed by atoms with Gasteiger partial charge in [-0.2, -0.15) is 0 Å². The molecule has 3 rings (SSSR count). The Labute approximate surface area is 140 Å². The first-order valence-corrected chi connectivity index (χ1v) is 8.71. The normalized spacial score (nSPS) is 19.0. The molecule has 5 nitrogen and oxygen atoms in total. The fraction of sp³-hybridized carbons (Fsp3) is 0.412. The summed E-state index contributed by atoms with van der Waals surface area (Å²) in [5.41, 5.74) is 8.14. The summed E-state index contributed by atoms with van der Waals surface area (Å²) in [5, 5.41) is 3.23. The first-order valence-electron chi connectivity index (χ1n) is 7.83. The van der Waals surface area contributed by atoms with E-state index < -0.39 is 0 Å². The van der Waals surface area contributed by atoms with E-state index in [2.05, 4.69) is 27.1 Å². The average molecular weight is 330 g/mol. The predicted octanol–water partition coefficient (Wildman–Crippen LogP) is 2.26. The maximum absolute atomic E-state index is 11.1. The van der Waals surface area contributed by atoms with Crippen LogP contribution in [0.1, 0.15) is 28.5 Å². The second kappa shape index (κ2) is 6.68. The molecule has 0 unspecified atom stereocenters. The number of carbonyl (C=O) groups is 1. The Hall–Kier alpha value is -1.92. The highest BCUT2D eigenvalue weighted by Gasteiger charge is 2.25. The standard InChI is InChI=1S/C17H22N4OS/c1-12-11-23-17(19-12)21-8-7-20(9-13(21)2)10-14-3-5-15(6-4-14)16(18)22/h3-6,11,13H,7-10H2,1-2H3,(H2,18,22)/t13-/m1/s1. The molecule has 0 saturated carbocycles. The molecule has 0 aliphatic carbocycles. The molecule has 6 heteroatoms. The number of nitrogens with two attached hydrogens (primary N) is 1. The van der Waals surface area contributed by atoms with E-state index in [4.69, 9.17) is 5.73 Å². The summed E-state index contributed by atoms with van der Waals surface area (Å²) < 4.78 is 0. The minimum atomic E-state index is -0.377. The Morgan fingerprint density at radius 1 is 1.35 bits per heavy atom. The molecule has 1 aliphatic rings. The van der Waals surface area contributed by atoms with E-state index in [1.807, 2.05) is 19.1 Å². The minimum Gasteiger partial charge on any atom is -0.366 e. The number of rotatable bonds is 4. The van der Waals surface area contributed by atoms with Crippen LogP contribution < -0.4 is 10.6 Å². The van der Waals surface area contributed by atoms with Gasteiger partial charge in [0.25, 0.3) is 0 Å². The van der Waals surface area contributed by atoms with Crippen molar-refractivity contribution in [1.82, 2.24) is 9.88 Å². The van der Waals surface area contributed by atoms with Gasteiger partial charge in [0.2, 0.25) is 5.91 Å². The second-order valence-corrected chi connectivity index (χ2v) is 6.95. The highest BCUT2D eigenvalue weighted by Crippen LogP contribution is 2.25. The van der Waals surface area contributed by atoms with Crippen molar-refractivity contribution in [2.75, 3.05) is 24.5 Å². The number of amides is 1. The highest BCUT2D eigenvalue weighted by molar-refractivity contribution is 7.13. The summed E-state index contributed by atoms with van der Waals surface area (Å²) in [4.78, 5) is 20.6. The van der Waals surface area contributed by atoms with E-state index in [-0.39, 0.29) is 5.91 Å². The van der Waals surface area contributed by atoms with Crippen LogP contribution in [0, 0.1) is 6.92 Å². The zero-order chi connectivity index (χ0) is 16.4. The number of anilines is 1. The molecule has 2 heterocycles. The number of hydrogen-bond donors (Lipinski definition) is 1. The number of piperazine rings is 1. The van der Waals surface area contributed by atoms with Crippen LogP contribution in [0.3, 0.4) is 0 Å². The Morgan fingerprint density at radius 3 is 2.65 bits per heavy atom. The second-order valence-electron chi connectivity index (χ2n) is 6.11. The SMILES string of the molecule is Cc1csc(N2CCN(Cc3ccc(C(N)=O)cc3)C[C@H]2C)n1. The summed E-state index contributed by atoms with van der Waals surface area (Å²) in [5.74, 6) is -0.377. The maximum Gasteiger partial charge on any atom is 0.248 e. The molecule has 1 atom stereocenters. The van der Waals surface area contributed by atoms with Crippen LogP contribution in [0.15, 0.2) is 29.6 Å². The number of thiazole rings is 1. The third-order valence-corrected chi connectivity index (χ3v) is 5.20. The number of nitrogens with zero attached hydrogens (tertiary/aromatic N) is 3. The van der Waals surface area contributed by atoms with Crippen LogP contribution in [0.2, 0.25) is 0 Å². The molecule has 2 N–H and O–H groups in total. The molecular formula is C17H22N4OS. The molecule has 122 valence electrons. The molecule has 2 aromatic rings. The maximum atomic E-state index is 11.1. The van der Waals surface area contributed by atoms with Crippen LogP contribution >= 0.6 is 11.3 Å². The molecule has 0 bridgehead atoms. The largest absolute Gasteiger partial charge is 0.366 e. The number of aromatic nitrogens is 1. The Balaban J connectivity index is 1.60. The quantitative estimate of drug-likeness (QED) is 0.934. The molecule has 1 aromatic heterocycles. The lowest BCUT2D eigenvalue weighted by Gasteiger charge is -2.39. The topological polar surface area (TPSA) is 62.5 Å². The fourth-order valence-corrected chi connectivity index (χ4v) is 3.90. The lowest BCUT2D eigenvalue weighted by molar-refractivity contribution is 0.100. The fourth-order valence-electron chi connectivity index (χ4n) is 2.97. The van der Waals surface area contributed by atoms with Crippen LogP contribution in [0.25, 0.3) is 0 Å².